The average molecular weight is 260 g/mol. The number of rotatable bonds is 4. The summed E-state index contributed by atoms with van der Waals surface area (Å²) in [6.45, 7) is 0.477. The molecule has 4 nitrogen and oxygen atoms in total. The monoisotopic (exact) mass is 260 g/mol. The second-order valence-electron chi connectivity index (χ2n) is 4.21. The molecule has 2 aromatic rings. The van der Waals surface area contributed by atoms with Crippen LogP contribution in [0.2, 0.25) is 0 Å². The summed E-state index contributed by atoms with van der Waals surface area (Å²) in [5.74, 6) is -0.817. The molecule has 0 atom stereocenters. The van der Waals surface area contributed by atoms with Crippen LogP contribution < -0.4 is 4.90 Å². The van der Waals surface area contributed by atoms with Crippen molar-refractivity contribution in [1.82, 2.24) is 0 Å². The lowest BCUT2D eigenvalue weighted by molar-refractivity contribution is -0.386. The molecule has 0 saturated heterocycles. The van der Waals surface area contributed by atoms with Crippen LogP contribution in [0.5, 0.6) is 0 Å². The summed E-state index contributed by atoms with van der Waals surface area (Å²) in [4.78, 5) is 11.9. The van der Waals surface area contributed by atoms with Gasteiger partial charge in [-0.2, -0.15) is 4.39 Å². The number of para-hydroxylation sites is 1. The smallest absolute Gasteiger partial charge is 0.327 e. The lowest BCUT2D eigenvalue weighted by atomic mass is 10.2. The van der Waals surface area contributed by atoms with Crippen LogP contribution in [0.25, 0.3) is 0 Å². The van der Waals surface area contributed by atoms with E-state index in [9.17, 15) is 14.5 Å². The van der Waals surface area contributed by atoms with Crippen molar-refractivity contribution in [3.8, 4) is 0 Å². The summed E-state index contributed by atoms with van der Waals surface area (Å²) < 4.78 is 13.5. The predicted molar refractivity (Wildman–Crippen MR) is 71.6 cm³/mol. The minimum absolute atomic E-state index is 0.272. The Morgan fingerprint density at radius 2 is 1.84 bits per heavy atom. The van der Waals surface area contributed by atoms with Crippen molar-refractivity contribution >= 4 is 11.4 Å². The number of hydrogen-bond donors (Lipinski definition) is 0. The van der Waals surface area contributed by atoms with Gasteiger partial charge in [-0.05, 0) is 17.7 Å². The third-order valence-corrected chi connectivity index (χ3v) is 2.82. The molecule has 19 heavy (non-hydrogen) atoms. The van der Waals surface area contributed by atoms with Crippen LogP contribution in [-0.2, 0) is 6.54 Å². The first-order valence-corrected chi connectivity index (χ1v) is 5.77. The molecule has 2 rings (SSSR count). The molecule has 0 amide bonds. The molecule has 0 unspecified atom stereocenters. The molecule has 0 radical (unpaired) electrons. The number of nitro groups is 1. The van der Waals surface area contributed by atoms with Crippen molar-refractivity contribution in [2.45, 2.75) is 6.54 Å². The molecule has 0 fully saturated rings. The normalized spacial score (nSPS) is 10.2. The van der Waals surface area contributed by atoms with Gasteiger partial charge < -0.3 is 4.90 Å². The quantitative estimate of drug-likeness (QED) is 0.625. The molecule has 0 aromatic heterocycles. The van der Waals surface area contributed by atoms with E-state index in [2.05, 4.69) is 0 Å². The number of benzene rings is 2. The molecule has 98 valence electrons. The predicted octanol–water partition coefficient (Wildman–Crippen LogP) is 3.37. The van der Waals surface area contributed by atoms with Gasteiger partial charge >= 0.3 is 5.69 Å². The third kappa shape index (κ3) is 2.88. The highest BCUT2D eigenvalue weighted by molar-refractivity contribution is 5.63. The Kier molecular flexibility index (Phi) is 3.75. The van der Waals surface area contributed by atoms with Gasteiger partial charge in [0.25, 0.3) is 0 Å². The van der Waals surface area contributed by atoms with Gasteiger partial charge in [0.1, 0.15) is 5.69 Å². The van der Waals surface area contributed by atoms with Gasteiger partial charge in [-0.25, -0.2) is 0 Å². The first-order chi connectivity index (χ1) is 9.09. The fourth-order valence-electron chi connectivity index (χ4n) is 1.94. The van der Waals surface area contributed by atoms with E-state index in [0.717, 1.165) is 11.6 Å². The molecule has 0 aliphatic carbocycles. The standard InChI is InChI=1S/C14H13FN2O2/c1-16(10-11-6-3-2-4-7-11)13-9-5-8-12(15)14(13)17(18)19/h2-9H,10H2,1H3. The van der Waals surface area contributed by atoms with Crippen LogP contribution in [0, 0.1) is 15.9 Å². The van der Waals surface area contributed by atoms with E-state index in [0.29, 0.717) is 6.54 Å². The van der Waals surface area contributed by atoms with Crippen LogP contribution in [0.3, 0.4) is 0 Å². The van der Waals surface area contributed by atoms with Gasteiger partial charge in [0.15, 0.2) is 0 Å². The molecule has 0 heterocycles. The van der Waals surface area contributed by atoms with Crippen molar-refractivity contribution in [1.29, 1.82) is 0 Å². The van der Waals surface area contributed by atoms with Crippen molar-refractivity contribution in [3.05, 3.63) is 70.0 Å². The lowest BCUT2D eigenvalue weighted by Crippen LogP contribution is -2.18. The van der Waals surface area contributed by atoms with Gasteiger partial charge in [0.2, 0.25) is 5.82 Å². The second kappa shape index (κ2) is 5.48. The molecular formula is C14H13FN2O2. The maximum absolute atomic E-state index is 13.5. The van der Waals surface area contributed by atoms with Gasteiger partial charge in [-0.3, -0.25) is 10.1 Å². The third-order valence-electron chi connectivity index (χ3n) is 2.82. The fourth-order valence-corrected chi connectivity index (χ4v) is 1.94. The van der Waals surface area contributed by atoms with E-state index in [1.807, 2.05) is 30.3 Å². The van der Waals surface area contributed by atoms with E-state index < -0.39 is 16.4 Å². The highest BCUT2D eigenvalue weighted by Crippen LogP contribution is 2.30. The molecule has 2 aromatic carbocycles. The van der Waals surface area contributed by atoms with Gasteiger partial charge in [0, 0.05) is 13.6 Å². The lowest BCUT2D eigenvalue weighted by Gasteiger charge is -2.19. The molecule has 0 spiro atoms. The Balaban J connectivity index is 2.31. The second-order valence-corrected chi connectivity index (χ2v) is 4.21. The number of halogens is 1. The van der Waals surface area contributed by atoms with Crippen molar-refractivity contribution in [2.24, 2.45) is 0 Å². The van der Waals surface area contributed by atoms with Gasteiger partial charge in [0.05, 0.1) is 4.92 Å². The maximum Gasteiger partial charge on any atom is 0.327 e. The highest BCUT2D eigenvalue weighted by atomic mass is 19.1. The number of hydrogen-bond acceptors (Lipinski definition) is 3. The SMILES string of the molecule is CN(Cc1ccccc1)c1cccc(F)c1[N+](=O)[O-]. The maximum atomic E-state index is 13.5. The summed E-state index contributed by atoms with van der Waals surface area (Å²) in [6, 6.07) is 13.6. The Morgan fingerprint density at radius 1 is 1.16 bits per heavy atom. The molecule has 0 aliphatic heterocycles. The van der Waals surface area contributed by atoms with Crippen molar-refractivity contribution in [3.63, 3.8) is 0 Å². The molecule has 0 aliphatic rings. The minimum Gasteiger partial charge on any atom is -0.365 e. The Labute approximate surface area is 110 Å². The number of anilines is 1. The molecule has 0 N–H and O–H groups in total. The average Bonchev–Trinajstić information content (AvgIpc) is 2.39. The van der Waals surface area contributed by atoms with Crippen LogP contribution in [-0.4, -0.2) is 12.0 Å². The first-order valence-electron chi connectivity index (χ1n) is 5.77. The largest absolute Gasteiger partial charge is 0.365 e. The minimum atomic E-state index is -0.817. The molecule has 5 heteroatoms. The van der Waals surface area contributed by atoms with Crippen molar-refractivity contribution < 1.29 is 9.31 Å². The summed E-state index contributed by atoms with van der Waals surface area (Å²) in [7, 11) is 1.70. The number of nitrogens with zero attached hydrogens (tertiary/aromatic N) is 2. The zero-order valence-corrected chi connectivity index (χ0v) is 10.4. The first kappa shape index (κ1) is 13.0. The van der Waals surface area contributed by atoms with Crippen molar-refractivity contribution in [2.75, 3.05) is 11.9 Å². The van der Waals surface area contributed by atoms with E-state index in [1.165, 1.54) is 6.07 Å². The molecule has 0 saturated carbocycles. The van der Waals surface area contributed by atoms with Gasteiger partial charge in [-0.15, -0.1) is 0 Å². The summed E-state index contributed by atoms with van der Waals surface area (Å²) >= 11 is 0. The Morgan fingerprint density at radius 3 is 2.47 bits per heavy atom. The summed E-state index contributed by atoms with van der Waals surface area (Å²) in [6.07, 6.45) is 0. The van der Waals surface area contributed by atoms with Crippen LogP contribution in [0.1, 0.15) is 5.56 Å². The zero-order valence-electron chi connectivity index (χ0n) is 10.4. The molecule has 0 bridgehead atoms. The Hall–Kier alpha value is -2.43. The number of nitro benzene ring substituents is 1. The van der Waals surface area contributed by atoms with Gasteiger partial charge in [-0.1, -0.05) is 36.4 Å². The summed E-state index contributed by atoms with van der Waals surface area (Å²) in [5.41, 5.74) is 0.790. The van der Waals surface area contributed by atoms with Crippen LogP contribution >= 0.6 is 0 Å². The van der Waals surface area contributed by atoms with E-state index >= 15 is 0 Å². The van der Waals surface area contributed by atoms with Crippen LogP contribution in [0.15, 0.2) is 48.5 Å². The van der Waals surface area contributed by atoms with E-state index in [-0.39, 0.29) is 5.69 Å². The highest BCUT2D eigenvalue weighted by Gasteiger charge is 2.22. The summed E-state index contributed by atoms with van der Waals surface area (Å²) in [5, 5.41) is 10.9. The zero-order chi connectivity index (χ0) is 13.8. The Bertz CT molecular complexity index is 587. The van der Waals surface area contributed by atoms with E-state index in [4.69, 9.17) is 0 Å². The molecular weight excluding hydrogens is 247 g/mol. The van der Waals surface area contributed by atoms with E-state index in [1.54, 1.807) is 18.0 Å². The fraction of sp³-hybridized carbons (Fsp3) is 0.143. The van der Waals surface area contributed by atoms with Crippen LogP contribution in [0.4, 0.5) is 15.8 Å². The topological polar surface area (TPSA) is 46.4 Å².